The number of rotatable bonds is 7. The number of nitrogens with zero attached hydrogens (tertiary/aromatic N) is 2. The lowest BCUT2D eigenvalue weighted by molar-refractivity contribution is 0.0748. The van der Waals surface area contributed by atoms with Crippen LogP contribution in [0.4, 0.5) is 0 Å². The van der Waals surface area contributed by atoms with Crippen LogP contribution in [0.5, 0.6) is 11.5 Å². The van der Waals surface area contributed by atoms with Crippen LogP contribution in [0.3, 0.4) is 0 Å². The highest BCUT2D eigenvalue weighted by molar-refractivity contribution is 5.91. The third kappa shape index (κ3) is 4.13. The van der Waals surface area contributed by atoms with E-state index in [4.69, 9.17) is 18.4 Å². The summed E-state index contributed by atoms with van der Waals surface area (Å²) in [6.07, 6.45) is 0. The van der Waals surface area contributed by atoms with Gasteiger partial charge < -0.3 is 23.3 Å². The summed E-state index contributed by atoms with van der Waals surface area (Å²) in [4.78, 5) is 14.2. The van der Waals surface area contributed by atoms with Crippen LogP contribution in [-0.4, -0.2) is 30.1 Å². The molecule has 7 heteroatoms. The van der Waals surface area contributed by atoms with Crippen LogP contribution in [0.25, 0.3) is 0 Å². The fourth-order valence-electron chi connectivity index (χ4n) is 2.68. The third-order valence-corrected chi connectivity index (χ3v) is 4.23. The Kier molecular flexibility index (Phi) is 5.49. The van der Waals surface area contributed by atoms with Crippen LogP contribution >= 0.6 is 0 Å². The first-order chi connectivity index (χ1) is 13.0. The molecule has 0 spiro atoms. The lowest BCUT2D eigenvalue weighted by Gasteiger charge is -2.15. The van der Waals surface area contributed by atoms with E-state index >= 15 is 0 Å². The van der Waals surface area contributed by atoms with Gasteiger partial charge in [0.25, 0.3) is 5.91 Å². The molecule has 0 unspecified atom stereocenters. The van der Waals surface area contributed by atoms with Crippen molar-refractivity contribution in [1.29, 1.82) is 0 Å². The van der Waals surface area contributed by atoms with E-state index in [0.29, 0.717) is 29.6 Å². The summed E-state index contributed by atoms with van der Waals surface area (Å²) < 4.78 is 21.8. The highest BCUT2D eigenvalue weighted by Gasteiger charge is 2.19. The monoisotopic (exact) mass is 370 g/mol. The van der Waals surface area contributed by atoms with Crippen LogP contribution in [0, 0.1) is 13.8 Å². The minimum Gasteiger partial charge on any atom is -0.493 e. The van der Waals surface area contributed by atoms with E-state index in [0.717, 1.165) is 11.3 Å². The van der Waals surface area contributed by atoms with Gasteiger partial charge in [0.2, 0.25) is 0 Å². The van der Waals surface area contributed by atoms with E-state index in [1.54, 1.807) is 31.2 Å². The second-order valence-electron chi connectivity index (χ2n) is 6.17. The molecule has 0 saturated carbocycles. The Hall–Kier alpha value is -3.22. The summed E-state index contributed by atoms with van der Waals surface area (Å²) in [5.41, 5.74) is 1.68. The maximum absolute atomic E-state index is 12.6. The number of amides is 1. The molecular weight excluding hydrogens is 348 g/mol. The first kappa shape index (κ1) is 18.6. The van der Waals surface area contributed by atoms with Gasteiger partial charge in [-0.05, 0) is 38.1 Å². The van der Waals surface area contributed by atoms with Crippen molar-refractivity contribution in [3.8, 4) is 11.5 Å². The van der Waals surface area contributed by atoms with Gasteiger partial charge in [-0.3, -0.25) is 4.79 Å². The molecule has 27 heavy (non-hydrogen) atoms. The Morgan fingerprint density at radius 1 is 1.15 bits per heavy atom. The van der Waals surface area contributed by atoms with Crippen LogP contribution in [0.1, 0.15) is 33.3 Å². The van der Waals surface area contributed by atoms with Crippen molar-refractivity contribution < 1.29 is 23.2 Å². The zero-order chi connectivity index (χ0) is 19.4. The molecule has 0 N–H and O–H groups in total. The summed E-state index contributed by atoms with van der Waals surface area (Å²) in [6, 6.07) is 10.7. The number of hydrogen-bond acceptors (Lipinski definition) is 6. The number of aryl methyl sites for hydroxylation is 2. The first-order valence-electron chi connectivity index (χ1n) is 8.51. The predicted octanol–water partition coefficient (Wildman–Crippen LogP) is 3.74. The Labute approximate surface area is 157 Å². The molecule has 1 amide bonds. The van der Waals surface area contributed by atoms with Gasteiger partial charge in [0.05, 0.1) is 19.3 Å². The van der Waals surface area contributed by atoms with Gasteiger partial charge in [-0.1, -0.05) is 17.3 Å². The van der Waals surface area contributed by atoms with E-state index in [1.807, 2.05) is 38.1 Å². The van der Waals surface area contributed by atoms with E-state index in [9.17, 15) is 4.79 Å². The highest BCUT2D eigenvalue weighted by atomic mass is 16.5. The van der Waals surface area contributed by atoms with E-state index in [2.05, 4.69) is 5.16 Å². The van der Waals surface area contributed by atoms with Gasteiger partial charge in [0.15, 0.2) is 17.3 Å². The van der Waals surface area contributed by atoms with Gasteiger partial charge in [-0.2, -0.15) is 0 Å². The summed E-state index contributed by atoms with van der Waals surface area (Å²) in [5, 5.41) is 3.91. The normalized spacial score (nSPS) is 10.7. The number of ether oxygens (including phenoxy) is 2. The topological polar surface area (TPSA) is 77.9 Å². The van der Waals surface area contributed by atoms with Crippen molar-refractivity contribution in [2.75, 3.05) is 14.2 Å². The number of furan rings is 1. The molecule has 0 aliphatic heterocycles. The Morgan fingerprint density at radius 2 is 1.89 bits per heavy atom. The summed E-state index contributed by atoms with van der Waals surface area (Å²) >= 11 is 0. The second kappa shape index (κ2) is 7.99. The third-order valence-electron chi connectivity index (χ3n) is 4.23. The molecule has 0 bridgehead atoms. The number of benzene rings is 1. The lowest BCUT2D eigenvalue weighted by atomic mass is 10.2. The Bertz CT molecular complexity index is 909. The SMILES string of the molecule is COc1ccccc1OCc1ccc(C(=O)N(C)Cc2c(C)noc2C)o1. The molecule has 142 valence electrons. The molecule has 0 aliphatic carbocycles. The first-order valence-corrected chi connectivity index (χ1v) is 8.51. The summed E-state index contributed by atoms with van der Waals surface area (Å²) in [6.45, 7) is 4.27. The van der Waals surface area contributed by atoms with Gasteiger partial charge in [-0.15, -0.1) is 0 Å². The van der Waals surface area contributed by atoms with Gasteiger partial charge in [-0.25, -0.2) is 0 Å². The molecule has 0 aliphatic rings. The van der Waals surface area contributed by atoms with Crippen LogP contribution in [0.2, 0.25) is 0 Å². The van der Waals surface area contributed by atoms with E-state index < -0.39 is 0 Å². The van der Waals surface area contributed by atoms with Crippen molar-refractivity contribution in [2.45, 2.75) is 27.0 Å². The average Bonchev–Trinajstić information content (AvgIpc) is 3.28. The predicted molar refractivity (Wildman–Crippen MR) is 97.8 cm³/mol. The number of hydrogen-bond donors (Lipinski definition) is 0. The molecule has 0 fully saturated rings. The number of aromatic nitrogens is 1. The highest BCUT2D eigenvalue weighted by Crippen LogP contribution is 2.27. The maximum Gasteiger partial charge on any atom is 0.289 e. The van der Waals surface area contributed by atoms with E-state index in [1.165, 1.54) is 0 Å². The summed E-state index contributed by atoms with van der Waals surface area (Å²) in [7, 11) is 3.29. The van der Waals surface area contributed by atoms with Crippen molar-refractivity contribution in [3.63, 3.8) is 0 Å². The number of methoxy groups -OCH3 is 1. The average molecular weight is 370 g/mol. The minimum atomic E-state index is -0.224. The number of carbonyl (C=O) groups is 1. The Balaban J connectivity index is 1.63. The summed E-state index contributed by atoms with van der Waals surface area (Å²) in [5.74, 6) is 2.54. The van der Waals surface area contributed by atoms with Crippen LogP contribution in [0.15, 0.2) is 45.3 Å². The van der Waals surface area contributed by atoms with Gasteiger partial charge in [0, 0.05) is 12.6 Å². The van der Waals surface area contributed by atoms with Crippen molar-refractivity contribution in [3.05, 3.63) is 64.9 Å². The molecular formula is C20H22N2O5. The molecule has 7 nitrogen and oxygen atoms in total. The van der Waals surface area contributed by atoms with Crippen molar-refractivity contribution in [2.24, 2.45) is 0 Å². The van der Waals surface area contributed by atoms with Gasteiger partial charge in [0.1, 0.15) is 18.1 Å². The zero-order valence-corrected chi connectivity index (χ0v) is 15.8. The number of para-hydroxylation sites is 2. The fourth-order valence-corrected chi connectivity index (χ4v) is 2.68. The Morgan fingerprint density at radius 3 is 2.56 bits per heavy atom. The zero-order valence-electron chi connectivity index (χ0n) is 15.8. The molecule has 1 aromatic carbocycles. The fraction of sp³-hybridized carbons (Fsp3) is 0.300. The van der Waals surface area contributed by atoms with Crippen molar-refractivity contribution in [1.82, 2.24) is 10.1 Å². The second-order valence-corrected chi connectivity index (χ2v) is 6.17. The standard InChI is InChI=1S/C20H22N2O5/c1-13-16(14(2)27-21-13)11-22(3)20(23)19-10-9-15(26-19)12-25-18-8-6-5-7-17(18)24-4/h5-10H,11-12H2,1-4H3. The van der Waals surface area contributed by atoms with Crippen LogP contribution < -0.4 is 9.47 Å². The minimum absolute atomic E-state index is 0.196. The van der Waals surface area contributed by atoms with Crippen molar-refractivity contribution >= 4 is 5.91 Å². The van der Waals surface area contributed by atoms with E-state index in [-0.39, 0.29) is 18.3 Å². The maximum atomic E-state index is 12.6. The smallest absolute Gasteiger partial charge is 0.289 e. The molecule has 2 aromatic heterocycles. The van der Waals surface area contributed by atoms with Crippen LogP contribution in [-0.2, 0) is 13.2 Å². The molecule has 0 saturated heterocycles. The van der Waals surface area contributed by atoms with Gasteiger partial charge >= 0.3 is 0 Å². The molecule has 0 atom stereocenters. The lowest BCUT2D eigenvalue weighted by Crippen LogP contribution is -2.26. The quantitative estimate of drug-likeness (QED) is 0.630. The molecule has 3 aromatic rings. The molecule has 2 heterocycles. The largest absolute Gasteiger partial charge is 0.493 e. The molecule has 0 radical (unpaired) electrons. The molecule has 3 rings (SSSR count). The number of carbonyl (C=O) groups excluding carboxylic acids is 1.